The number of aromatic nitrogens is 1. The number of pyridine rings is 1. The van der Waals surface area contributed by atoms with E-state index >= 15 is 0 Å². The average molecular weight is 529 g/mol. The first kappa shape index (κ1) is 25.3. The Labute approximate surface area is 226 Å². The maximum absolute atomic E-state index is 11.8. The van der Waals surface area contributed by atoms with E-state index in [1.807, 2.05) is 84.6 Å². The first-order valence-electron chi connectivity index (χ1n) is 12.3. The molecule has 2 aromatic carbocycles. The van der Waals surface area contributed by atoms with Crippen LogP contribution in [0.3, 0.4) is 0 Å². The molecule has 0 unspecified atom stereocenters. The van der Waals surface area contributed by atoms with Crippen LogP contribution in [-0.2, 0) is 4.79 Å². The smallest absolute Gasteiger partial charge is 0.221 e. The topological polar surface area (TPSA) is 88.9 Å². The Morgan fingerprint density at radius 1 is 1.13 bits per heavy atom. The van der Waals surface area contributed by atoms with Crippen LogP contribution >= 0.6 is 12.2 Å². The fraction of sp³-hybridized carbons (Fsp3) is 0.207. The van der Waals surface area contributed by atoms with Gasteiger partial charge in [-0.2, -0.15) is 0 Å². The standard InChI is InChI=1S/C29H28N4O4S/c1-4-36-21-11-8-19(9-12-21)24-14-15-26(37-24)28-27(22-7-5-6-16-30-22)32-29(38)33(28)20-10-13-25(35-3)23(17-20)31-18(2)34/h5-17,27-28H,4H2,1-3H3,(H,31,34)(H,32,38)/t27-,28+/m1/s1. The summed E-state index contributed by atoms with van der Waals surface area (Å²) >= 11 is 5.82. The summed E-state index contributed by atoms with van der Waals surface area (Å²) in [6.07, 6.45) is 1.76. The molecule has 9 heteroatoms. The van der Waals surface area contributed by atoms with Crippen LogP contribution in [-0.4, -0.2) is 29.7 Å². The first-order valence-corrected chi connectivity index (χ1v) is 12.7. The Kier molecular flexibility index (Phi) is 7.28. The molecule has 1 amide bonds. The number of methoxy groups -OCH3 is 1. The van der Waals surface area contributed by atoms with Crippen molar-refractivity contribution >= 4 is 34.6 Å². The minimum Gasteiger partial charge on any atom is -0.495 e. The van der Waals surface area contributed by atoms with E-state index in [1.54, 1.807) is 13.3 Å². The Morgan fingerprint density at radius 2 is 1.95 bits per heavy atom. The number of carbonyl (C=O) groups is 1. The van der Waals surface area contributed by atoms with Crippen LogP contribution in [0.15, 0.2) is 83.4 Å². The highest BCUT2D eigenvalue weighted by atomic mass is 32.1. The zero-order valence-corrected chi connectivity index (χ0v) is 22.1. The van der Waals surface area contributed by atoms with Gasteiger partial charge in [-0.15, -0.1) is 0 Å². The number of nitrogens with one attached hydrogen (secondary N) is 2. The molecule has 2 atom stereocenters. The number of benzene rings is 2. The molecule has 8 nitrogen and oxygen atoms in total. The number of thiocarbonyl (C=S) groups is 1. The molecule has 1 aliphatic heterocycles. The number of hydrogen-bond acceptors (Lipinski definition) is 6. The van der Waals surface area contributed by atoms with Gasteiger partial charge in [-0.3, -0.25) is 9.78 Å². The van der Waals surface area contributed by atoms with Crippen LogP contribution in [0.25, 0.3) is 11.3 Å². The molecule has 0 radical (unpaired) electrons. The van der Waals surface area contributed by atoms with Crippen molar-refractivity contribution in [3.8, 4) is 22.8 Å². The van der Waals surface area contributed by atoms with Crippen molar-refractivity contribution in [1.29, 1.82) is 0 Å². The second-order valence-corrected chi connectivity index (χ2v) is 9.11. The predicted octanol–water partition coefficient (Wildman–Crippen LogP) is 5.88. The second kappa shape index (κ2) is 10.9. The van der Waals surface area contributed by atoms with Gasteiger partial charge in [0.05, 0.1) is 31.1 Å². The molecule has 1 aliphatic rings. The Balaban J connectivity index is 1.56. The summed E-state index contributed by atoms with van der Waals surface area (Å²) in [6, 6.07) is 22.5. The quantitative estimate of drug-likeness (QED) is 0.274. The molecule has 3 heterocycles. The van der Waals surface area contributed by atoms with Crippen molar-refractivity contribution < 1.29 is 18.7 Å². The summed E-state index contributed by atoms with van der Waals surface area (Å²) in [6.45, 7) is 4.02. The van der Waals surface area contributed by atoms with Crippen LogP contribution in [0.4, 0.5) is 11.4 Å². The number of anilines is 2. The van der Waals surface area contributed by atoms with Crippen LogP contribution in [0.2, 0.25) is 0 Å². The highest BCUT2D eigenvalue weighted by molar-refractivity contribution is 7.80. The molecule has 0 aliphatic carbocycles. The molecule has 1 fully saturated rings. The lowest BCUT2D eigenvalue weighted by Crippen LogP contribution is -2.29. The van der Waals surface area contributed by atoms with E-state index in [9.17, 15) is 4.79 Å². The summed E-state index contributed by atoms with van der Waals surface area (Å²) in [5, 5.41) is 6.78. The largest absolute Gasteiger partial charge is 0.495 e. The number of hydrogen-bond donors (Lipinski definition) is 2. The number of carbonyl (C=O) groups excluding carboxylic acids is 1. The summed E-state index contributed by atoms with van der Waals surface area (Å²) < 4.78 is 17.5. The maximum Gasteiger partial charge on any atom is 0.221 e. The van der Waals surface area contributed by atoms with E-state index in [0.29, 0.717) is 28.9 Å². The molecular weight excluding hydrogens is 500 g/mol. The zero-order chi connectivity index (χ0) is 26.6. The second-order valence-electron chi connectivity index (χ2n) is 8.72. The molecule has 4 aromatic rings. The monoisotopic (exact) mass is 528 g/mol. The number of rotatable bonds is 8. The average Bonchev–Trinajstić information content (AvgIpc) is 3.54. The van der Waals surface area contributed by atoms with E-state index in [1.165, 1.54) is 6.92 Å². The minimum atomic E-state index is -0.340. The van der Waals surface area contributed by atoms with Crippen molar-refractivity contribution in [3.63, 3.8) is 0 Å². The van der Waals surface area contributed by atoms with Gasteiger partial charge >= 0.3 is 0 Å². The SMILES string of the molecule is CCOc1ccc(-c2ccc([C@H]3[C@@H](c4ccccn4)NC(=S)N3c3ccc(OC)c(NC(C)=O)c3)o2)cc1. The third-order valence-electron chi connectivity index (χ3n) is 6.24. The third kappa shape index (κ3) is 5.05. The molecule has 1 saturated heterocycles. The van der Waals surface area contributed by atoms with Gasteiger partial charge in [-0.1, -0.05) is 6.07 Å². The molecule has 0 saturated carbocycles. The molecule has 2 aromatic heterocycles. The Bertz CT molecular complexity index is 1440. The van der Waals surface area contributed by atoms with Gasteiger partial charge in [0, 0.05) is 24.4 Å². The van der Waals surface area contributed by atoms with Crippen LogP contribution in [0, 0.1) is 0 Å². The van der Waals surface area contributed by atoms with E-state index in [2.05, 4.69) is 15.6 Å². The lowest BCUT2D eigenvalue weighted by atomic mass is 10.0. The van der Waals surface area contributed by atoms with Gasteiger partial charge in [-0.25, -0.2) is 0 Å². The zero-order valence-electron chi connectivity index (χ0n) is 21.3. The maximum atomic E-state index is 11.8. The molecule has 194 valence electrons. The van der Waals surface area contributed by atoms with Crippen LogP contribution in [0.1, 0.15) is 37.4 Å². The number of nitrogens with zero attached hydrogens (tertiary/aromatic N) is 2. The normalized spacial score (nSPS) is 16.7. The van der Waals surface area contributed by atoms with Gasteiger partial charge in [0.1, 0.15) is 29.1 Å². The Hall–Kier alpha value is -4.37. The summed E-state index contributed by atoms with van der Waals surface area (Å²) in [5.74, 6) is 2.61. The number of amides is 1. The van der Waals surface area contributed by atoms with Gasteiger partial charge in [0.15, 0.2) is 5.11 Å². The summed E-state index contributed by atoms with van der Waals surface area (Å²) in [4.78, 5) is 18.4. The van der Waals surface area contributed by atoms with Crippen molar-refractivity contribution in [2.45, 2.75) is 25.9 Å². The third-order valence-corrected chi connectivity index (χ3v) is 6.55. The molecule has 2 N–H and O–H groups in total. The molecule has 5 rings (SSSR count). The Morgan fingerprint density at radius 3 is 2.63 bits per heavy atom. The minimum absolute atomic E-state index is 0.198. The van der Waals surface area contributed by atoms with Gasteiger partial charge in [0.25, 0.3) is 0 Å². The van der Waals surface area contributed by atoms with Gasteiger partial charge in [-0.05, 0) is 85.9 Å². The predicted molar refractivity (Wildman–Crippen MR) is 151 cm³/mol. The lowest BCUT2D eigenvalue weighted by Gasteiger charge is -2.27. The van der Waals surface area contributed by atoms with E-state index in [0.717, 1.165) is 28.5 Å². The fourth-order valence-corrected chi connectivity index (χ4v) is 4.95. The van der Waals surface area contributed by atoms with Gasteiger partial charge in [0.2, 0.25) is 5.91 Å². The molecule has 0 bridgehead atoms. The van der Waals surface area contributed by atoms with Crippen LogP contribution < -0.4 is 25.0 Å². The number of ether oxygens (including phenoxy) is 2. The fourth-order valence-electron chi connectivity index (χ4n) is 4.60. The van der Waals surface area contributed by atoms with E-state index in [4.69, 9.17) is 26.1 Å². The highest BCUT2D eigenvalue weighted by Gasteiger charge is 2.42. The molecule has 38 heavy (non-hydrogen) atoms. The van der Waals surface area contributed by atoms with E-state index in [-0.39, 0.29) is 18.0 Å². The lowest BCUT2D eigenvalue weighted by molar-refractivity contribution is -0.114. The van der Waals surface area contributed by atoms with Crippen LogP contribution in [0.5, 0.6) is 11.5 Å². The summed E-state index contributed by atoms with van der Waals surface area (Å²) in [7, 11) is 1.56. The van der Waals surface area contributed by atoms with Crippen molar-refractivity contribution in [2.75, 3.05) is 23.9 Å². The van der Waals surface area contributed by atoms with Gasteiger partial charge < -0.3 is 29.4 Å². The van der Waals surface area contributed by atoms with Crippen molar-refractivity contribution in [3.05, 3.63) is 90.4 Å². The highest BCUT2D eigenvalue weighted by Crippen LogP contribution is 2.44. The summed E-state index contributed by atoms with van der Waals surface area (Å²) in [5.41, 5.74) is 3.09. The van der Waals surface area contributed by atoms with Crippen molar-refractivity contribution in [2.24, 2.45) is 0 Å². The first-order chi connectivity index (χ1) is 18.5. The van der Waals surface area contributed by atoms with Crippen molar-refractivity contribution in [1.82, 2.24) is 10.3 Å². The molecular formula is C29H28N4O4S. The number of furan rings is 1. The molecule has 0 spiro atoms. The van der Waals surface area contributed by atoms with E-state index < -0.39 is 0 Å².